The van der Waals surface area contributed by atoms with Crippen LogP contribution in [0.2, 0.25) is 0 Å². The number of fused-ring (bicyclic) bond motifs is 1. The maximum absolute atomic E-state index is 5.84. The quantitative estimate of drug-likeness (QED) is 0.328. The highest BCUT2D eigenvalue weighted by molar-refractivity contribution is 6.30. The Morgan fingerprint density at radius 1 is 1.82 bits per heavy atom. The van der Waals surface area contributed by atoms with Crippen molar-refractivity contribution in [2.75, 3.05) is 6.54 Å². The first-order valence-electron chi connectivity index (χ1n) is 3.22. The van der Waals surface area contributed by atoms with Crippen LogP contribution in [0, 0.1) is 0 Å². The normalized spacial score (nSPS) is 30.5. The van der Waals surface area contributed by atoms with E-state index in [2.05, 4.69) is 15.7 Å². The highest BCUT2D eigenvalue weighted by atomic mass is 35.5. The van der Waals surface area contributed by atoms with Gasteiger partial charge >= 0.3 is 0 Å². The van der Waals surface area contributed by atoms with Gasteiger partial charge in [0.1, 0.15) is 11.3 Å². The molecule has 0 amide bonds. The number of hydrogen-bond acceptors (Lipinski definition) is 5. The molecule has 0 aliphatic carbocycles. The topological polar surface area (TPSA) is 65.7 Å². The van der Waals surface area contributed by atoms with Gasteiger partial charge in [0.25, 0.3) is 0 Å². The molecule has 1 unspecified atom stereocenters. The minimum absolute atomic E-state index is 0.0752. The summed E-state index contributed by atoms with van der Waals surface area (Å²) in [5, 5.41) is 4.89. The van der Waals surface area contributed by atoms with Gasteiger partial charge < -0.3 is 5.32 Å². The molecule has 0 aromatic rings. The van der Waals surface area contributed by atoms with Crippen LogP contribution < -0.4 is 16.6 Å². The van der Waals surface area contributed by atoms with Crippen molar-refractivity contribution >= 4 is 17.9 Å². The van der Waals surface area contributed by atoms with E-state index in [4.69, 9.17) is 17.4 Å². The van der Waals surface area contributed by atoms with Crippen molar-refractivity contribution in [2.45, 2.75) is 6.17 Å². The summed E-state index contributed by atoms with van der Waals surface area (Å²) < 4.78 is 0. The summed E-state index contributed by atoms with van der Waals surface area (Å²) in [6, 6.07) is 0. The van der Waals surface area contributed by atoms with Gasteiger partial charge in [-0.15, -0.1) is 0 Å². The second-order valence-corrected chi connectivity index (χ2v) is 2.80. The number of nitrogens with zero attached hydrogens (tertiary/aromatic N) is 2. The highest BCUT2D eigenvalue weighted by Gasteiger charge is 2.28. The van der Waals surface area contributed by atoms with Crippen molar-refractivity contribution in [1.82, 2.24) is 15.9 Å². The van der Waals surface area contributed by atoms with E-state index in [9.17, 15) is 0 Å². The van der Waals surface area contributed by atoms with Crippen molar-refractivity contribution in [1.29, 1.82) is 0 Å². The van der Waals surface area contributed by atoms with Crippen molar-refractivity contribution in [3.63, 3.8) is 0 Å². The van der Waals surface area contributed by atoms with E-state index in [0.29, 0.717) is 11.7 Å². The second kappa shape index (κ2) is 2.46. The Morgan fingerprint density at radius 3 is 3.36 bits per heavy atom. The van der Waals surface area contributed by atoms with E-state index in [-0.39, 0.29) is 6.17 Å². The summed E-state index contributed by atoms with van der Waals surface area (Å²) in [6.45, 7) is 0.605. The second-order valence-electron chi connectivity index (χ2n) is 2.42. The third-order valence-electron chi connectivity index (χ3n) is 1.66. The Morgan fingerprint density at radius 2 is 2.64 bits per heavy atom. The van der Waals surface area contributed by atoms with Gasteiger partial charge in [0.2, 0.25) is 0 Å². The molecule has 60 valence electrons. The van der Waals surface area contributed by atoms with Gasteiger partial charge in [-0.05, 0) is 0 Å². The lowest BCUT2D eigenvalue weighted by Gasteiger charge is -2.12. The van der Waals surface area contributed by atoms with Gasteiger partial charge in [-0.25, -0.2) is 5.43 Å². The summed E-state index contributed by atoms with van der Waals surface area (Å²) in [5.41, 5.74) is 3.90. The van der Waals surface area contributed by atoms with E-state index < -0.39 is 0 Å². The summed E-state index contributed by atoms with van der Waals surface area (Å²) in [7, 11) is 0. The summed E-state index contributed by atoms with van der Waals surface area (Å²) in [5.74, 6) is 5.48. The lowest BCUT2D eigenvalue weighted by Crippen LogP contribution is -2.40. The fourth-order valence-electron chi connectivity index (χ4n) is 1.12. The molecule has 0 radical (unpaired) electrons. The van der Waals surface area contributed by atoms with Crippen LogP contribution in [-0.4, -0.2) is 24.2 Å². The number of aliphatic imine (C=N–C) groups is 1. The predicted molar refractivity (Wildman–Crippen MR) is 42.3 cm³/mol. The van der Waals surface area contributed by atoms with Gasteiger partial charge in [-0.2, -0.15) is 5.12 Å². The molecule has 2 aliphatic heterocycles. The highest BCUT2D eigenvalue weighted by Crippen LogP contribution is 2.19. The van der Waals surface area contributed by atoms with Crippen LogP contribution in [0.3, 0.4) is 0 Å². The van der Waals surface area contributed by atoms with Crippen LogP contribution in [0.5, 0.6) is 0 Å². The van der Waals surface area contributed by atoms with Gasteiger partial charge in [0.05, 0.1) is 12.9 Å². The van der Waals surface area contributed by atoms with Crippen molar-refractivity contribution in [2.24, 2.45) is 10.8 Å². The SMILES string of the molecule is NN1CC2=C(Cl)NC=NC2N1. The van der Waals surface area contributed by atoms with E-state index in [1.165, 1.54) is 5.12 Å². The standard InChI is InChI=1S/C5H8ClN5/c6-4-3-1-11(7)10-5(3)9-2-8-4/h2,5,10H,1,7H2,(H,8,9). The first-order valence-corrected chi connectivity index (χ1v) is 3.60. The average Bonchev–Trinajstić information content (AvgIpc) is 2.31. The van der Waals surface area contributed by atoms with Crippen LogP contribution in [-0.2, 0) is 0 Å². The number of hydrogen-bond donors (Lipinski definition) is 3. The van der Waals surface area contributed by atoms with Crippen molar-refractivity contribution in [3.05, 3.63) is 10.7 Å². The molecule has 0 aromatic heterocycles. The van der Waals surface area contributed by atoms with Crippen LogP contribution >= 0.6 is 11.6 Å². The molecule has 6 heteroatoms. The lowest BCUT2D eigenvalue weighted by molar-refractivity contribution is 0.245. The third-order valence-corrected chi connectivity index (χ3v) is 2.01. The zero-order valence-electron chi connectivity index (χ0n) is 5.71. The van der Waals surface area contributed by atoms with Gasteiger partial charge in [-0.1, -0.05) is 11.6 Å². The summed E-state index contributed by atoms with van der Waals surface area (Å²) in [4.78, 5) is 4.08. The zero-order chi connectivity index (χ0) is 7.84. The first-order chi connectivity index (χ1) is 5.27. The Balaban J connectivity index is 2.28. The van der Waals surface area contributed by atoms with E-state index in [0.717, 1.165) is 5.57 Å². The third kappa shape index (κ3) is 1.12. The van der Waals surface area contributed by atoms with E-state index in [1.807, 2.05) is 0 Å². The molecule has 0 aromatic carbocycles. The molecular weight excluding hydrogens is 166 g/mol. The van der Waals surface area contributed by atoms with Crippen LogP contribution in [0.15, 0.2) is 15.7 Å². The number of hydrazine groups is 2. The Hall–Kier alpha value is -0.620. The average molecular weight is 174 g/mol. The van der Waals surface area contributed by atoms with Crippen LogP contribution in [0.25, 0.3) is 0 Å². The maximum atomic E-state index is 5.84. The van der Waals surface area contributed by atoms with Gasteiger partial charge in [0.15, 0.2) is 0 Å². The molecule has 2 heterocycles. The number of halogens is 1. The fourth-order valence-corrected chi connectivity index (χ4v) is 1.34. The van der Waals surface area contributed by atoms with E-state index >= 15 is 0 Å². The van der Waals surface area contributed by atoms with Crippen molar-refractivity contribution < 1.29 is 0 Å². The smallest absolute Gasteiger partial charge is 0.141 e. The van der Waals surface area contributed by atoms with Gasteiger partial charge in [-0.3, -0.25) is 10.8 Å². The predicted octanol–water partition coefficient (Wildman–Crippen LogP) is -0.912. The molecule has 2 aliphatic rings. The van der Waals surface area contributed by atoms with Gasteiger partial charge in [0, 0.05) is 5.57 Å². The van der Waals surface area contributed by atoms with Crippen LogP contribution in [0.4, 0.5) is 0 Å². The maximum Gasteiger partial charge on any atom is 0.141 e. The summed E-state index contributed by atoms with van der Waals surface area (Å²) in [6.07, 6.45) is 1.48. The minimum atomic E-state index is -0.0752. The molecule has 1 fully saturated rings. The largest absolute Gasteiger partial charge is 0.337 e. The first kappa shape index (κ1) is 7.05. The zero-order valence-corrected chi connectivity index (χ0v) is 6.47. The molecule has 0 bridgehead atoms. The molecule has 2 rings (SSSR count). The monoisotopic (exact) mass is 173 g/mol. The molecule has 1 saturated heterocycles. The molecule has 11 heavy (non-hydrogen) atoms. The number of rotatable bonds is 0. The molecular formula is C5H8ClN5. The fraction of sp³-hybridized carbons (Fsp3) is 0.400. The Bertz CT molecular complexity index is 235. The Labute approximate surface area is 68.8 Å². The number of nitrogens with two attached hydrogens (primary N) is 1. The molecule has 4 N–H and O–H groups in total. The summed E-state index contributed by atoms with van der Waals surface area (Å²) >= 11 is 5.84. The lowest BCUT2D eigenvalue weighted by atomic mass is 10.2. The van der Waals surface area contributed by atoms with Crippen molar-refractivity contribution in [3.8, 4) is 0 Å². The Kier molecular flexibility index (Phi) is 1.57. The molecule has 0 spiro atoms. The minimum Gasteiger partial charge on any atom is -0.337 e. The van der Waals surface area contributed by atoms with Crippen LogP contribution in [0.1, 0.15) is 0 Å². The molecule has 1 atom stereocenters. The molecule has 0 saturated carbocycles. The number of nitrogens with one attached hydrogen (secondary N) is 2. The molecule has 5 nitrogen and oxygen atoms in total. The van der Waals surface area contributed by atoms with E-state index in [1.54, 1.807) is 6.34 Å².